The molecule has 126 valence electrons. The summed E-state index contributed by atoms with van der Waals surface area (Å²) in [5.74, 6) is 1.15. The molecule has 1 heterocycles. The highest BCUT2D eigenvalue weighted by atomic mass is 16.5. The normalized spacial score (nSPS) is 24.7. The van der Waals surface area contributed by atoms with Crippen LogP contribution in [0.5, 0.6) is 5.75 Å². The molecule has 0 aromatic heterocycles. The number of carbonyl (C=O) groups excluding carboxylic acids is 1. The molecule has 0 spiro atoms. The van der Waals surface area contributed by atoms with Gasteiger partial charge in [-0.25, -0.2) is 0 Å². The Labute approximate surface area is 138 Å². The van der Waals surface area contributed by atoms with Crippen LogP contribution in [0.1, 0.15) is 39.5 Å². The van der Waals surface area contributed by atoms with Gasteiger partial charge in [0.25, 0.3) is 0 Å². The average molecular weight is 317 g/mol. The minimum Gasteiger partial charge on any atom is -0.493 e. The fraction of sp³-hybridized carbons (Fsp3) is 0.632. The van der Waals surface area contributed by atoms with Crippen LogP contribution in [0.2, 0.25) is 0 Å². The van der Waals surface area contributed by atoms with E-state index in [1.807, 2.05) is 30.3 Å². The van der Waals surface area contributed by atoms with E-state index in [4.69, 9.17) is 9.47 Å². The van der Waals surface area contributed by atoms with Gasteiger partial charge in [0.1, 0.15) is 5.75 Å². The minimum atomic E-state index is -0.187. The number of rotatable bonds is 6. The molecule has 1 N–H and O–H groups in total. The Bertz CT molecular complexity index is 537. The van der Waals surface area contributed by atoms with Crippen molar-refractivity contribution in [3.8, 4) is 5.75 Å². The van der Waals surface area contributed by atoms with Crippen molar-refractivity contribution in [2.45, 2.75) is 45.1 Å². The maximum absolute atomic E-state index is 12.4. The molecular formula is C19H27NO3. The van der Waals surface area contributed by atoms with E-state index < -0.39 is 0 Å². The number of ether oxygens (including phenoxy) is 2. The standard InChI is InChI=1S/C19H27NO3/c1-18(2)12-15(8-11-23-18)17(21)20-13-19(9-10-19)14-22-16-6-4-3-5-7-16/h3-7,15H,8-14H2,1-2H3,(H,20,21). The molecule has 2 fully saturated rings. The smallest absolute Gasteiger partial charge is 0.223 e. The predicted octanol–water partition coefficient (Wildman–Crippen LogP) is 3.17. The Hall–Kier alpha value is -1.55. The molecular weight excluding hydrogens is 290 g/mol. The zero-order valence-electron chi connectivity index (χ0n) is 14.1. The summed E-state index contributed by atoms with van der Waals surface area (Å²) in [4.78, 5) is 12.4. The summed E-state index contributed by atoms with van der Waals surface area (Å²) in [6, 6.07) is 9.88. The van der Waals surface area contributed by atoms with Gasteiger partial charge in [0.05, 0.1) is 12.2 Å². The van der Waals surface area contributed by atoms with Gasteiger partial charge < -0.3 is 14.8 Å². The fourth-order valence-corrected chi connectivity index (χ4v) is 3.18. The zero-order chi connectivity index (χ0) is 16.3. The average Bonchev–Trinajstić information content (AvgIpc) is 3.31. The van der Waals surface area contributed by atoms with Crippen LogP contribution in [0.15, 0.2) is 30.3 Å². The van der Waals surface area contributed by atoms with Gasteiger partial charge in [0, 0.05) is 24.5 Å². The Morgan fingerprint density at radius 2 is 2.04 bits per heavy atom. The molecule has 4 heteroatoms. The van der Waals surface area contributed by atoms with Crippen LogP contribution in [0, 0.1) is 11.3 Å². The highest BCUT2D eigenvalue weighted by Crippen LogP contribution is 2.45. The third-order valence-electron chi connectivity index (χ3n) is 4.95. The van der Waals surface area contributed by atoms with Crippen LogP contribution in [0.4, 0.5) is 0 Å². The van der Waals surface area contributed by atoms with E-state index in [2.05, 4.69) is 19.2 Å². The molecule has 1 unspecified atom stereocenters. The molecule has 3 rings (SSSR count). The lowest BCUT2D eigenvalue weighted by Gasteiger charge is -2.35. The first-order chi connectivity index (χ1) is 11.0. The van der Waals surface area contributed by atoms with Crippen molar-refractivity contribution < 1.29 is 14.3 Å². The first-order valence-electron chi connectivity index (χ1n) is 8.58. The van der Waals surface area contributed by atoms with Crippen LogP contribution in [0.25, 0.3) is 0 Å². The number of nitrogens with one attached hydrogen (secondary N) is 1. The van der Waals surface area contributed by atoms with Gasteiger partial charge in [-0.3, -0.25) is 4.79 Å². The van der Waals surface area contributed by atoms with E-state index in [0.29, 0.717) is 13.2 Å². The molecule has 0 bridgehead atoms. The lowest BCUT2D eigenvalue weighted by molar-refractivity contribution is -0.135. The van der Waals surface area contributed by atoms with Gasteiger partial charge >= 0.3 is 0 Å². The summed E-state index contributed by atoms with van der Waals surface area (Å²) in [7, 11) is 0. The molecule has 4 nitrogen and oxygen atoms in total. The molecule has 2 aliphatic rings. The first-order valence-corrected chi connectivity index (χ1v) is 8.58. The topological polar surface area (TPSA) is 47.6 Å². The molecule has 1 aliphatic heterocycles. The van der Waals surface area contributed by atoms with E-state index >= 15 is 0 Å². The summed E-state index contributed by atoms with van der Waals surface area (Å²) in [6.45, 7) is 6.19. The lowest BCUT2D eigenvalue weighted by atomic mass is 9.87. The van der Waals surface area contributed by atoms with Gasteiger partial charge in [-0.15, -0.1) is 0 Å². The third-order valence-corrected chi connectivity index (χ3v) is 4.95. The van der Waals surface area contributed by atoms with Crippen molar-refractivity contribution in [1.29, 1.82) is 0 Å². The van der Waals surface area contributed by atoms with Crippen LogP contribution < -0.4 is 10.1 Å². The second-order valence-corrected chi connectivity index (χ2v) is 7.62. The lowest BCUT2D eigenvalue weighted by Crippen LogP contribution is -2.43. The number of carbonyl (C=O) groups is 1. The molecule has 1 atom stereocenters. The molecule has 23 heavy (non-hydrogen) atoms. The molecule has 1 saturated carbocycles. The quantitative estimate of drug-likeness (QED) is 0.876. The SMILES string of the molecule is CC1(C)CC(C(=O)NCC2(COc3ccccc3)CC2)CCO1. The van der Waals surface area contributed by atoms with E-state index in [0.717, 1.165) is 38.0 Å². The maximum Gasteiger partial charge on any atom is 0.223 e. The summed E-state index contributed by atoms with van der Waals surface area (Å²) in [5.41, 5.74) is -0.0554. The van der Waals surface area contributed by atoms with E-state index in [-0.39, 0.29) is 22.8 Å². The first kappa shape index (κ1) is 16.3. The van der Waals surface area contributed by atoms with Crippen LogP contribution in [-0.2, 0) is 9.53 Å². The van der Waals surface area contributed by atoms with Crippen LogP contribution in [-0.4, -0.2) is 31.3 Å². The van der Waals surface area contributed by atoms with Crippen molar-refractivity contribution in [1.82, 2.24) is 5.32 Å². The van der Waals surface area contributed by atoms with Crippen molar-refractivity contribution >= 4 is 5.91 Å². The predicted molar refractivity (Wildman–Crippen MR) is 89.4 cm³/mol. The summed E-state index contributed by atoms with van der Waals surface area (Å²) in [6.07, 6.45) is 3.87. The monoisotopic (exact) mass is 317 g/mol. The largest absolute Gasteiger partial charge is 0.493 e. The molecule has 1 saturated heterocycles. The van der Waals surface area contributed by atoms with E-state index in [1.54, 1.807) is 0 Å². The maximum atomic E-state index is 12.4. The Kier molecular flexibility index (Phi) is 4.62. The van der Waals surface area contributed by atoms with Gasteiger partial charge in [-0.1, -0.05) is 18.2 Å². The third kappa shape index (κ3) is 4.47. The van der Waals surface area contributed by atoms with E-state index in [1.165, 1.54) is 0 Å². The number of hydrogen-bond donors (Lipinski definition) is 1. The van der Waals surface area contributed by atoms with Gasteiger partial charge in [0.15, 0.2) is 0 Å². The van der Waals surface area contributed by atoms with Gasteiger partial charge in [-0.05, 0) is 51.7 Å². The number of hydrogen-bond acceptors (Lipinski definition) is 3. The number of amides is 1. The van der Waals surface area contributed by atoms with Crippen molar-refractivity contribution in [3.63, 3.8) is 0 Å². The van der Waals surface area contributed by atoms with E-state index in [9.17, 15) is 4.79 Å². The highest BCUT2D eigenvalue weighted by Gasteiger charge is 2.44. The Balaban J connectivity index is 1.45. The van der Waals surface area contributed by atoms with Crippen LogP contribution >= 0.6 is 0 Å². The molecule has 1 aromatic rings. The number of benzene rings is 1. The highest BCUT2D eigenvalue weighted by molar-refractivity contribution is 5.78. The van der Waals surface area contributed by atoms with Crippen molar-refractivity contribution in [2.75, 3.05) is 19.8 Å². The summed E-state index contributed by atoms with van der Waals surface area (Å²) >= 11 is 0. The summed E-state index contributed by atoms with van der Waals surface area (Å²) < 4.78 is 11.6. The van der Waals surface area contributed by atoms with Crippen LogP contribution in [0.3, 0.4) is 0 Å². The van der Waals surface area contributed by atoms with Gasteiger partial charge in [-0.2, -0.15) is 0 Å². The Morgan fingerprint density at radius 1 is 1.30 bits per heavy atom. The second-order valence-electron chi connectivity index (χ2n) is 7.62. The summed E-state index contributed by atoms with van der Waals surface area (Å²) in [5, 5.41) is 3.15. The Morgan fingerprint density at radius 3 is 2.70 bits per heavy atom. The zero-order valence-corrected chi connectivity index (χ0v) is 14.1. The fourth-order valence-electron chi connectivity index (χ4n) is 3.18. The second kappa shape index (κ2) is 6.52. The minimum absolute atomic E-state index is 0.0737. The van der Waals surface area contributed by atoms with Gasteiger partial charge in [0.2, 0.25) is 5.91 Å². The number of para-hydroxylation sites is 1. The molecule has 1 aliphatic carbocycles. The van der Waals surface area contributed by atoms with Crippen molar-refractivity contribution in [3.05, 3.63) is 30.3 Å². The molecule has 1 aromatic carbocycles. The van der Waals surface area contributed by atoms with Crippen molar-refractivity contribution in [2.24, 2.45) is 11.3 Å². The molecule has 0 radical (unpaired) electrons. The molecule has 1 amide bonds.